The zero-order valence-corrected chi connectivity index (χ0v) is 30.8. The van der Waals surface area contributed by atoms with E-state index >= 15 is 0 Å². The molecule has 0 saturated heterocycles. The summed E-state index contributed by atoms with van der Waals surface area (Å²) >= 11 is 3.86. The van der Waals surface area contributed by atoms with E-state index in [0.29, 0.717) is 0 Å². The van der Waals surface area contributed by atoms with Gasteiger partial charge in [0.05, 0.1) is 0 Å². The summed E-state index contributed by atoms with van der Waals surface area (Å²) in [6, 6.07) is 67.7. The van der Waals surface area contributed by atoms with E-state index in [-0.39, 0.29) is 0 Å². The topological polar surface area (TPSA) is 0 Å². The highest BCUT2D eigenvalue weighted by atomic mass is 32.1. The van der Waals surface area contributed by atoms with Crippen LogP contribution in [0.5, 0.6) is 0 Å². The zero-order chi connectivity index (χ0) is 35.3. The molecule has 12 rings (SSSR count). The molecule has 2 heteroatoms. The Morgan fingerprint density at radius 3 is 1.44 bits per heavy atom. The van der Waals surface area contributed by atoms with Gasteiger partial charge in [0.15, 0.2) is 0 Å². The summed E-state index contributed by atoms with van der Waals surface area (Å²) in [4.78, 5) is 0. The van der Waals surface area contributed by atoms with Gasteiger partial charge in [-0.1, -0.05) is 164 Å². The van der Waals surface area contributed by atoms with Crippen molar-refractivity contribution in [2.45, 2.75) is 0 Å². The first kappa shape index (κ1) is 30.2. The van der Waals surface area contributed by atoms with E-state index in [1.54, 1.807) is 0 Å². The van der Waals surface area contributed by atoms with Crippen LogP contribution in [0.1, 0.15) is 0 Å². The molecule has 0 aliphatic carbocycles. The molecule has 0 aliphatic heterocycles. The second-order valence-corrected chi connectivity index (χ2v) is 16.4. The van der Waals surface area contributed by atoms with Crippen LogP contribution in [0.2, 0.25) is 0 Å². The lowest BCUT2D eigenvalue weighted by Crippen LogP contribution is -1.92. The van der Waals surface area contributed by atoms with Gasteiger partial charge in [0.2, 0.25) is 0 Å². The second kappa shape index (κ2) is 11.6. The second-order valence-electron chi connectivity index (χ2n) is 14.3. The van der Waals surface area contributed by atoms with Crippen LogP contribution in [-0.2, 0) is 0 Å². The molecule has 0 radical (unpaired) electrons. The molecule has 0 N–H and O–H groups in total. The minimum atomic E-state index is 1.24. The van der Waals surface area contributed by atoms with Crippen LogP contribution in [-0.4, -0.2) is 0 Å². The number of hydrogen-bond donors (Lipinski definition) is 0. The molecule has 0 nitrogen and oxygen atoms in total. The van der Waals surface area contributed by atoms with Gasteiger partial charge < -0.3 is 0 Å². The van der Waals surface area contributed by atoms with Gasteiger partial charge in [0.1, 0.15) is 0 Å². The van der Waals surface area contributed by atoms with Gasteiger partial charge in [-0.05, 0) is 89.3 Å². The first-order chi connectivity index (χ1) is 26.8. The number of thiophene rings is 2. The molecule has 0 saturated carbocycles. The number of hydrogen-bond acceptors (Lipinski definition) is 2. The van der Waals surface area contributed by atoms with Crippen LogP contribution in [0.4, 0.5) is 0 Å². The monoisotopic (exact) mass is 718 g/mol. The molecule has 0 bridgehead atoms. The maximum atomic E-state index is 2.44. The summed E-state index contributed by atoms with van der Waals surface area (Å²) in [5, 5.41) is 15.7. The van der Waals surface area contributed by atoms with Gasteiger partial charge in [0, 0.05) is 45.7 Å². The Balaban J connectivity index is 1.09. The van der Waals surface area contributed by atoms with Crippen molar-refractivity contribution >= 4 is 106 Å². The van der Waals surface area contributed by atoms with Crippen molar-refractivity contribution in [2.24, 2.45) is 0 Å². The first-order valence-corrected chi connectivity index (χ1v) is 20.1. The molecule has 0 atom stereocenters. The molecule has 0 aliphatic rings. The quantitative estimate of drug-likeness (QED) is 0.160. The predicted molar refractivity (Wildman–Crippen MR) is 239 cm³/mol. The van der Waals surface area contributed by atoms with E-state index < -0.39 is 0 Å². The van der Waals surface area contributed by atoms with E-state index in [1.807, 2.05) is 22.7 Å². The lowest BCUT2D eigenvalue weighted by atomic mass is 9.84. The lowest BCUT2D eigenvalue weighted by molar-refractivity contribution is 1.66. The average Bonchev–Trinajstić information content (AvgIpc) is 3.81. The van der Waals surface area contributed by atoms with Gasteiger partial charge in [-0.15, -0.1) is 22.7 Å². The number of rotatable bonds is 3. The highest BCUT2D eigenvalue weighted by Crippen LogP contribution is 2.48. The maximum absolute atomic E-state index is 2.44. The Morgan fingerprint density at radius 2 is 0.778 bits per heavy atom. The molecular formula is C52H30S2. The summed E-state index contributed by atoms with van der Waals surface area (Å²) in [5.74, 6) is 0. The zero-order valence-electron chi connectivity index (χ0n) is 29.1. The smallest absolute Gasteiger partial charge is 0.0448 e. The van der Waals surface area contributed by atoms with E-state index in [0.717, 1.165) is 0 Å². The minimum absolute atomic E-state index is 1.24. The molecule has 10 aromatic carbocycles. The highest BCUT2D eigenvalue weighted by Gasteiger charge is 2.20. The molecule has 0 amide bonds. The van der Waals surface area contributed by atoms with Crippen molar-refractivity contribution in [3.05, 3.63) is 182 Å². The normalized spacial score (nSPS) is 12.1. The molecular weight excluding hydrogens is 689 g/mol. The SMILES string of the molecule is c1ccc(-c2c3ccccc3c(-c3ccc(-c4ccc5sc6c(ccc7ccc8c9ccccc9sc8c76)c5c4)c4ccccc34)c3ccccc23)cc1. The maximum Gasteiger partial charge on any atom is 0.0448 e. The van der Waals surface area contributed by atoms with Gasteiger partial charge in [0.25, 0.3) is 0 Å². The Labute approximate surface area is 319 Å². The molecule has 250 valence electrons. The lowest BCUT2D eigenvalue weighted by Gasteiger charge is -2.19. The van der Waals surface area contributed by atoms with Gasteiger partial charge in [-0.25, -0.2) is 0 Å². The van der Waals surface area contributed by atoms with Crippen LogP contribution in [0.15, 0.2) is 182 Å². The summed E-state index contributed by atoms with van der Waals surface area (Å²) in [5.41, 5.74) is 7.61. The van der Waals surface area contributed by atoms with Crippen molar-refractivity contribution in [2.75, 3.05) is 0 Å². The molecule has 0 fully saturated rings. The Kier molecular flexibility index (Phi) is 6.48. The van der Waals surface area contributed by atoms with Crippen molar-refractivity contribution in [3.63, 3.8) is 0 Å². The molecule has 12 aromatic rings. The van der Waals surface area contributed by atoms with Gasteiger partial charge in [-0.2, -0.15) is 0 Å². The van der Waals surface area contributed by atoms with Crippen molar-refractivity contribution < 1.29 is 0 Å². The number of fused-ring (bicyclic) bond motifs is 12. The van der Waals surface area contributed by atoms with Crippen molar-refractivity contribution in [1.29, 1.82) is 0 Å². The van der Waals surface area contributed by atoms with Gasteiger partial charge in [-0.3, -0.25) is 0 Å². The fourth-order valence-electron chi connectivity index (χ4n) is 9.09. The minimum Gasteiger partial charge on any atom is -0.134 e. The predicted octanol–water partition coefficient (Wildman–Crippen LogP) is 16.0. The fraction of sp³-hybridized carbons (Fsp3) is 0. The summed E-state index contributed by atoms with van der Waals surface area (Å²) < 4.78 is 5.46. The molecule has 0 unspecified atom stereocenters. The summed E-state index contributed by atoms with van der Waals surface area (Å²) in [7, 11) is 0. The number of benzene rings is 10. The largest absolute Gasteiger partial charge is 0.134 e. The third-order valence-electron chi connectivity index (χ3n) is 11.5. The van der Waals surface area contributed by atoms with Crippen LogP contribution < -0.4 is 0 Å². The van der Waals surface area contributed by atoms with Crippen LogP contribution in [0, 0.1) is 0 Å². The molecule has 2 heterocycles. The first-order valence-electron chi connectivity index (χ1n) is 18.5. The van der Waals surface area contributed by atoms with E-state index in [1.165, 1.54) is 117 Å². The van der Waals surface area contributed by atoms with Crippen LogP contribution in [0.3, 0.4) is 0 Å². The Bertz CT molecular complexity index is 3430. The third kappa shape index (κ3) is 4.30. The molecule has 2 aromatic heterocycles. The molecule has 0 spiro atoms. The Hall–Kier alpha value is -6.32. The van der Waals surface area contributed by atoms with Crippen LogP contribution in [0.25, 0.3) is 117 Å². The fourth-order valence-corrected chi connectivity index (χ4v) is 11.7. The third-order valence-corrected chi connectivity index (χ3v) is 13.9. The van der Waals surface area contributed by atoms with E-state index in [9.17, 15) is 0 Å². The van der Waals surface area contributed by atoms with Crippen LogP contribution >= 0.6 is 22.7 Å². The average molecular weight is 719 g/mol. The Morgan fingerprint density at radius 1 is 0.278 bits per heavy atom. The van der Waals surface area contributed by atoms with E-state index in [2.05, 4.69) is 182 Å². The van der Waals surface area contributed by atoms with Crippen molar-refractivity contribution in [3.8, 4) is 33.4 Å². The van der Waals surface area contributed by atoms with Gasteiger partial charge >= 0.3 is 0 Å². The standard InChI is InChI=1S/C52H30S2/c1-2-12-31(13-3-1)48-38-17-6-8-19-40(38)50(41-20-9-7-18-39(41)48)42-28-27-34(35-14-4-5-15-36(35)42)33-24-29-47-45(30-33)44-26-23-32-22-25-43-37-16-10-11-21-46(37)53-51(43)49(32)52(44)54-47/h1-30H. The summed E-state index contributed by atoms with van der Waals surface area (Å²) in [6.45, 7) is 0. The highest BCUT2D eigenvalue weighted by molar-refractivity contribution is 7.29. The summed E-state index contributed by atoms with van der Waals surface area (Å²) in [6.07, 6.45) is 0. The molecule has 54 heavy (non-hydrogen) atoms. The van der Waals surface area contributed by atoms with E-state index in [4.69, 9.17) is 0 Å². The van der Waals surface area contributed by atoms with Crippen molar-refractivity contribution in [1.82, 2.24) is 0 Å².